The van der Waals surface area contributed by atoms with E-state index in [0.29, 0.717) is 17.5 Å². The van der Waals surface area contributed by atoms with Crippen LogP contribution in [0.1, 0.15) is 17.8 Å². The minimum absolute atomic E-state index is 0.154. The van der Waals surface area contributed by atoms with Gasteiger partial charge in [-0.3, -0.25) is 0 Å². The Balaban J connectivity index is 1.58. The van der Waals surface area contributed by atoms with Crippen molar-refractivity contribution in [2.24, 2.45) is 5.92 Å². The number of aliphatic hydroxyl groups is 1. The Morgan fingerprint density at radius 1 is 1.08 bits per heavy atom. The third-order valence-electron chi connectivity index (χ3n) is 4.79. The normalized spacial score (nSPS) is 17.3. The molecule has 1 saturated heterocycles. The number of hydrogen-bond donors (Lipinski definition) is 2. The summed E-state index contributed by atoms with van der Waals surface area (Å²) in [6.45, 7) is 1.70. The van der Waals surface area contributed by atoms with Crippen LogP contribution in [0.15, 0.2) is 48.5 Å². The molecule has 128 valence electrons. The van der Waals surface area contributed by atoms with Crippen LogP contribution in [0, 0.1) is 5.92 Å². The summed E-state index contributed by atoms with van der Waals surface area (Å²) in [6.07, 6.45) is 2.03. The second kappa shape index (κ2) is 6.69. The zero-order valence-electron chi connectivity index (χ0n) is 14.0. The van der Waals surface area contributed by atoms with Crippen LogP contribution in [0.5, 0.6) is 5.75 Å². The van der Waals surface area contributed by atoms with Crippen LogP contribution >= 0.6 is 0 Å². The maximum absolute atomic E-state index is 9.64. The number of phenols is 1. The number of aliphatic hydroxyl groups excluding tert-OH is 1. The van der Waals surface area contributed by atoms with Crippen LogP contribution in [0.3, 0.4) is 0 Å². The lowest BCUT2D eigenvalue weighted by Crippen LogP contribution is -2.22. The maximum atomic E-state index is 9.64. The van der Waals surface area contributed by atoms with Crippen LogP contribution in [-0.4, -0.2) is 33.3 Å². The van der Waals surface area contributed by atoms with Crippen molar-refractivity contribution in [2.45, 2.75) is 19.4 Å². The van der Waals surface area contributed by atoms with E-state index in [1.165, 1.54) is 0 Å². The first kappa shape index (κ1) is 15.8. The van der Waals surface area contributed by atoms with Gasteiger partial charge in [0.05, 0.1) is 5.52 Å². The van der Waals surface area contributed by atoms with Gasteiger partial charge in [0.25, 0.3) is 0 Å². The molecule has 1 atom stereocenters. The molecular weight excluding hydrogens is 314 g/mol. The van der Waals surface area contributed by atoms with Gasteiger partial charge in [0.15, 0.2) is 5.82 Å². The number of phenolic OH excluding ortho intramolecular Hbond substituents is 1. The van der Waals surface area contributed by atoms with Crippen molar-refractivity contribution < 1.29 is 10.2 Å². The molecule has 2 N–H and O–H groups in total. The summed E-state index contributed by atoms with van der Waals surface area (Å²) in [5, 5.41) is 20.1. The number of rotatable bonds is 4. The molecule has 2 aromatic carbocycles. The number of hydrogen-bond acceptors (Lipinski definition) is 5. The minimum Gasteiger partial charge on any atom is -0.508 e. The number of nitrogens with zero attached hydrogens (tertiary/aromatic N) is 3. The van der Waals surface area contributed by atoms with Gasteiger partial charge < -0.3 is 15.1 Å². The Hall–Kier alpha value is -2.66. The third-order valence-corrected chi connectivity index (χ3v) is 4.79. The highest BCUT2D eigenvalue weighted by molar-refractivity contribution is 5.89. The number of aromatic nitrogens is 2. The molecule has 5 heteroatoms. The fraction of sp³-hybridized carbons (Fsp3) is 0.300. The molecule has 3 aromatic rings. The molecule has 4 rings (SSSR count). The Morgan fingerprint density at radius 3 is 2.80 bits per heavy atom. The zero-order valence-corrected chi connectivity index (χ0v) is 14.0. The van der Waals surface area contributed by atoms with E-state index in [0.717, 1.165) is 48.2 Å². The summed E-state index contributed by atoms with van der Waals surface area (Å²) in [5.41, 5.74) is 2.03. The Morgan fingerprint density at radius 2 is 1.96 bits per heavy atom. The molecule has 2 heterocycles. The first-order chi connectivity index (χ1) is 12.2. The van der Waals surface area contributed by atoms with Gasteiger partial charge in [-0.15, -0.1) is 0 Å². The van der Waals surface area contributed by atoms with Gasteiger partial charge in [0.1, 0.15) is 18.2 Å². The van der Waals surface area contributed by atoms with Crippen molar-refractivity contribution in [3.63, 3.8) is 0 Å². The average molecular weight is 335 g/mol. The van der Waals surface area contributed by atoms with E-state index < -0.39 is 0 Å². The standard InChI is InChI=1S/C20H21N3O2/c24-13-19-21-18-7-2-1-6-17(18)20(22-19)23-9-8-15(12-23)10-14-4-3-5-16(25)11-14/h1-7,11,15,24-25H,8-10,12-13H2. The van der Waals surface area contributed by atoms with Gasteiger partial charge in [-0.2, -0.15) is 0 Å². The quantitative estimate of drug-likeness (QED) is 0.767. The molecule has 0 aliphatic carbocycles. The Bertz CT molecular complexity index is 897. The number of fused-ring (bicyclic) bond motifs is 1. The number of para-hydroxylation sites is 1. The molecule has 1 aliphatic rings. The van der Waals surface area contributed by atoms with Gasteiger partial charge in [-0.25, -0.2) is 9.97 Å². The van der Waals surface area contributed by atoms with Crippen LogP contribution in [0.4, 0.5) is 5.82 Å². The van der Waals surface area contributed by atoms with Gasteiger partial charge in [-0.1, -0.05) is 24.3 Å². The zero-order chi connectivity index (χ0) is 17.2. The number of aromatic hydroxyl groups is 1. The van der Waals surface area contributed by atoms with Crippen LogP contribution in [0.2, 0.25) is 0 Å². The molecule has 0 radical (unpaired) electrons. The van der Waals surface area contributed by atoms with E-state index in [2.05, 4.69) is 20.9 Å². The highest BCUT2D eigenvalue weighted by Gasteiger charge is 2.25. The van der Waals surface area contributed by atoms with E-state index in [1.54, 1.807) is 6.07 Å². The lowest BCUT2D eigenvalue weighted by Gasteiger charge is -2.20. The van der Waals surface area contributed by atoms with Crippen LogP contribution in [0.25, 0.3) is 10.9 Å². The first-order valence-corrected chi connectivity index (χ1v) is 8.62. The van der Waals surface area contributed by atoms with E-state index >= 15 is 0 Å². The molecule has 0 bridgehead atoms. The molecule has 0 amide bonds. The number of benzene rings is 2. The van der Waals surface area contributed by atoms with Gasteiger partial charge in [0.2, 0.25) is 0 Å². The smallest absolute Gasteiger partial charge is 0.156 e. The summed E-state index contributed by atoms with van der Waals surface area (Å²) in [6, 6.07) is 15.4. The van der Waals surface area contributed by atoms with Crippen LogP contribution < -0.4 is 4.90 Å². The summed E-state index contributed by atoms with van der Waals surface area (Å²) in [5.74, 6) is 2.22. The monoisotopic (exact) mass is 335 g/mol. The first-order valence-electron chi connectivity index (χ1n) is 8.62. The van der Waals surface area contributed by atoms with E-state index in [4.69, 9.17) is 0 Å². The van der Waals surface area contributed by atoms with Crippen molar-refractivity contribution >= 4 is 16.7 Å². The summed E-state index contributed by atoms with van der Waals surface area (Å²) in [4.78, 5) is 11.3. The van der Waals surface area contributed by atoms with Gasteiger partial charge >= 0.3 is 0 Å². The van der Waals surface area contributed by atoms with Crippen molar-refractivity contribution in [3.05, 3.63) is 59.9 Å². The molecular formula is C20H21N3O2. The maximum Gasteiger partial charge on any atom is 0.156 e. The molecule has 1 fully saturated rings. The van der Waals surface area contributed by atoms with Crippen molar-refractivity contribution in [1.29, 1.82) is 0 Å². The number of anilines is 1. The lowest BCUT2D eigenvalue weighted by molar-refractivity contribution is 0.272. The molecule has 1 unspecified atom stereocenters. The predicted molar refractivity (Wildman–Crippen MR) is 97.6 cm³/mol. The molecule has 0 spiro atoms. The molecule has 1 aromatic heterocycles. The molecule has 0 saturated carbocycles. The third kappa shape index (κ3) is 3.28. The van der Waals surface area contributed by atoms with Crippen LogP contribution in [-0.2, 0) is 13.0 Å². The Kier molecular flexibility index (Phi) is 4.24. The lowest BCUT2D eigenvalue weighted by atomic mass is 9.98. The minimum atomic E-state index is -0.154. The average Bonchev–Trinajstić information content (AvgIpc) is 3.09. The highest BCUT2D eigenvalue weighted by Crippen LogP contribution is 2.30. The van der Waals surface area contributed by atoms with Gasteiger partial charge in [-0.05, 0) is 48.6 Å². The van der Waals surface area contributed by atoms with Crippen molar-refractivity contribution in [2.75, 3.05) is 18.0 Å². The van der Waals surface area contributed by atoms with E-state index in [-0.39, 0.29) is 6.61 Å². The molecule has 5 nitrogen and oxygen atoms in total. The van der Waals surface area contributed by atoms with Crippen molar-refractivity contribution in [3.8, 4) is 5.75 Å². The topological polar surface area (TPSA) is 69.5 Å². The summed E-state index contributed by atoms with van der Waals surface area (Å²) in [7, 11) is 0. The SMILES string of the molecule is OCc1nc(N2CCC(Cc3cccc(O)c3)C2)c2ccccc2n1. The Labute approximate surface area is 146 Å². The summed E-state index contributed by atoms with van der Waals surface area (Å²) >= 11 is 0. The highest BCUT2D eigenvalue weighted by atomic mass is 16.3. The molecule has 25 heavy (non-hydrogen) atoms. The van der Waals surface area contributed by atoms with Gasteiger partial charge in [0, 0.05) is 18.5 Å². The summed E-state index contributed by atoms with van der Waals surface area (Å²) < 4.78 is 0. The largest absolute Gasteiger partial charge is 0.508 e. The fourth-order valence-electron chi connectivity index (χ4n) is 3.63. The second-order valence-electron chi connectivity index (χ2n) is 6.61. The second-order valence-corrected chi connectivity index (χ2v) is 6.61. The molecule has 1 aliphatic heterocycles. The fourth-order valence-corrected chi connectivity index (χ4v) is 3.63. The predicted octanol–water partition coefficient (Wildman–Crippen LogP) is 2.90. The van der Waals surface area contributed by atoms with E-state index in [1.807, 2.05) is 36.4 Å². The van der Waals surface area contributed by atoms with E-state index in [9.17, 15) is 10.2 Å². The van der Waals surface area contributed by atoms with Crippen molar-refractivity contribution in [1.82, 2.24) is 9.97 Å².